The summed E-state index contributed by atoms with van der Waals surface area (Å²) in [5.41, 5.74) is 5.23. The number of primary amides is 1. The Bertz CT molecular complexity index is 362. The molecule has 0 bridgehead atoms. The number of nitrogens with one attached hydrogen (secondary N) is 1. The number of furan rings is 1. The molecule has 0 aliphatic carbocycles. The molecule has 5 nitrogen and oxygen atoms in total. The van der Waals surface area contributed by atoms with Crippen LogP contribution in [0.25, 0.3) is 0 Å². The van der Waals surface area contributed by atoms with E-state index in [1.165, 1.54) is 12.3 Å². The van der Waals surface area contributed by atoms with Gasteiger partial charge >= 0.3 is 0 Å². The molecule has 0 aliphatic rings. The second-order valence-corrected chi connectivity index (χ2v) is 3.28. The molecule has 6 heteroatoms. The number of carbonyl (C=O) groups is 2. The van der Waals surface area contributed by atoms with Crippen LogP contribution in [-0.2, 0) is 4.79 Å². The standard InChI is InChI=1S/C9H11ClN2O3/c10-8-6(3-5-15-8)9(14)12-4-1-2-7(11)13/h3,5H,1-2,4H2,(H2,11,13)(H,12,14). The Morgan fingerprint density at radius 2 is 2.27 bits per heavy atom. The van der Waals surface area contributed by atoms with Crippen LogP contribution in [0.4, 0.5) is 0 Å². The van der Waals surface area contributed by atoms with Gasteiger partial charge in [-0.2, -0.15) is 0 Å². The number of hydrogen-bond acceptors (Lipinski definition) is 3. The van der Waals surface area contributed by atoms with Gasteiger partial charge in [0.2, 0.25) is 11.1 Å². The number of halogens is 1. The van der Waals surface area contributed by atoms with Gasteiger partial charge in [-0.15, -0.1) is 0 Å². The van der Waals surface area contributed by atoms with Crippen LogP contribution in [0, 0.1) is 0 Å². The molecule has 0 aliphatic heterocycles. The minimum atomic E-state index is -0.384. The van der Waals surface area contributed by atoms with E-state index in [2.05, 4.69) is 5.32 Å². The first-order chi connectivity index (χ1) is 7.11. The van der Waals surface area contributed by atoms with E-state index in [9.17, 15) is 9.59 Å². The molecule has 0 fully saturated rings. The molecule has 15 heavy (non-hydrogen) atoms. The van der Waals surface area contributed by atoms with Crippen LogP contribution in [0.15, 0.2) is 16.7 Å². The highest BCUT2D eigenvalue weighted by Gasteiger charge is 2.11. The molecular formula is C9H11ClN2O3. The van der Waals surface area contributed by atoms with Crippen LogP contribution < -0.4 is 11.1 Å². The van der Waals surface area contributed by atoms with E-state index < -0.39 is 0 Å². The maximum atomic E-state index is 11.4. The predicted molar refractivity (Wildman–Crippen MR) is 54.5 cm³/mol. The number of amides is 2. The zero-order valence-corrected chi connectivity index (χ0v) is 8.71. The van der Waals surface area contributed by atoms with Crippen molar-refractivity contribution in [1.82, 2.24) is 5.32 Å². The second-order valence-electron chi connectivity index (χ2n) is 2.93. The Labute approximate surface area is 91.6 Å². The van der Waals surface area contributed by atoms with Gasteiger partial charge in [-0.1, -0.05) is 0 Å². The lowest BCUT2D eigenvalue weighted by Crippen LogP contribution is -2.25. The lowest BCUT2D eigenvalue weighted by Gasteiger charge is -2.01. The fraction of sp³-hybridized carbons (Fsp3) is 0.333. The van der Waals surface area contributed by atoms with Crippen LogP contribution in [0.5, 0.6) is 0 Å². The lowest BCUT2D eigenvalue weighted by atomic mass is 10.3. The minimum Gasteiger partial charge on any atom is -0.452 e. The zero-order valence-electron chi connectivity index (χ0n) is 7.96. The van der Waals surface area contributed by atoms with E-state index in [1.807, 2.05) is 0 Å². The highest BCUT2D eigenvalue weighted by atomic mass is 35.5. The van der Waals surface area contributed by atoms with Gasteiger partial charge in [0.25, 0.3) is 5.91 Å². The molecule has 0 spiro atoms. The van der Waals surface area contributed by atoms with Gasteiger partial charge in [0.05, 0.1) is 11.8 Å². The topological polar surface area (TPSA) is 85.3 Å². The van der Waals surface area contributed by atoms with Crippen molar-refractivity contribution < 1.29 is 14.0 Å². The van der Waals surface area contributed by atoms with Gasteiger partial charge in [0.1, 0.15) is 0 Å². The van der Waals surface area contributed by atoms with Crippen LogP contribution >= 0.6 is 11.6 Å². The van der Waals surface area contributed by atoms with E-state index in [-0.39, 0.29) is 29.0 Å². The van der Waals surface area contributed by atoms with Crippen molar-refractivity contribution in [3.63, 3.8) is 0 Å². The molecule has 0 radical (unpaired) electrons. The van der Waals surface area contributed by atoms with Crippen LogP contribution in [0.2, 0.25) is 5.22 Å². The smallest absolute Gasteiger partial charge is 0.256 e. The second kappa shape index (κ2) is 5.41. The Balaban J connectivity index is 2.31. The van der Waals surface area contributed by atoms with Crippen molar-refractivity contribution >= 4 is 23.4 Å². The number of nitrogens with two attached hydrogens (primary N) is 1. The van der Waals surface area contributed by atoms with Crippen molar-refractivity contribution in [1.29, 1.82) is 0 Å². The van der Waals surface area contributed by atoms with Gasteiger partial charge in [-0.3, -0.25) is 9.59 Å². The van der Waals surface area contributed by atoms with Gasteiger partial charge in [0, 0.05) is 13.0 Å². The summed E-state index contributed by atoms with van der Waals surface area (Å²) in [6.45, 7) is 0.378. The minimum absolute atomic E-state index is 0.0578. The largest absolute Gasteiger partial charge is 0.452 e. The Morgan fingerprint density at radius 3 is 2.80 bits per heavy atom. The molecule has 1 aromatic heterocycles. The average Bonchev–Trinajstić information content (AvgIpc) is 2.58. The summed E-state index contributed by atoms with van der Waals surface area (Å²) < 4.78 is 4.76. The van der Waals surface area contributed by atoms with Crippen molar-refractivity contribution in [2.24, 2.45) is 5.73 Å². The van der Waals surface area contributed by atoms with Gasteiger partial charge < -0.3 is 15.5 Å². The summed E-state index contributed by atoms with van der Waals surface area (Å²) in [5.74, 6) is -0.705. The molecule has 0 saturated heterocycles. The first-order valence-electron chi connectivity index (χ1n) is 4.40. The lowest BCUT2D eigenvalue weighted by molar-refractivity contribution is -0.118. The maximum absolute atomic E-state index is 11.4. The molecule has 0 unspecified atom stereocenters. The fourth-order valence-corrected chi connectivity index (χ4v) is 1.22. The molecule has 3 N–H and O–H groups in total. The van der Waals surface area contributed by atoms with Gasteiger partial charge in [0.15, 0.2) is 0 Å². The zero-order chi connectivity index (χ0) is 11.3. The third-order valence-corrected chi connectivity index (χ3v) is 2.04. The van der Waals surface area contributed by atoms with E-state index in [0.717, 1.165) is 0 Å². The Hall–Kier alpha value is -1.49. The fourth-order valence-electron chi connectivity index (χ4n) is 1.02. The SMILES string of the molecule is NC(=O)CCCNC(=O)c1ccoc1Cl. The van der Waals surface area contributed by atoms with Crippen LogP contribution in [0.3, 0.4) is 0 Å². The summed E-state index contributed by atoms with van der Waals surface area (Å²) in [6.07, 6.45) is 2.09. The summed E-state index contributed by atoms with van der Waals surface area (Å²) in [4.78, 5) is 21.8. The van der Waals surface area contributed by atoms with E-state index >= 15 is 0 Å². The quantitative estimate of drug-likeness (QED) is 0.738. The molecule has 0 saturated carbocycles. The third kappa shape index (κ3) is 3.63. The monoisotopic (exact) mass is 230 g/mol. The molecular weight excluding hydrogens is 220 g/mol. The van der Waals surface area contributed by atoms with Gasteiger partial charge in [-0.25, -0.2) is 0 Å². The molecule has 1 rings (SSSR count). The van der Waals surface area contributed by atoms with Gasteiger partial charge in [-0.05, 0) is 24.1 Å². The highest BCUT2D eigenvalue weighted by Crippen LogP contribution is 2.15. The molecule has 82 valence electrons. The Kier molecular flexibility index (Phi) is 4.17. The molecule has 2 amide bonds. The molecule has 1 heterocycles. The summed E-state index contributed by atoms with van der Waals surface area (Å²) in [5, 5.41) is 2.65. The summed E-state index contributed by atoms with van der Waals surface area (Å²) in [6, 6.07) is 1.48. The van der Waals surface area contributed by atoms with E-state index in [1.54, 1.807) is 0 Å². The number of carbonyl (C=O) groups excluding carboxylic acids is 2. The first-order valence-corrected chi connectivity index (χ1v) is 4.78. The number of hydrogen-bond donors (Lipinski definition) is 2. The van der Waals surface area contributed by atoms with Crippen molar-refractivity contribution in [3.8, 4) is 0 Å². The summed E-state index contributed by atoms with van der Waals surface area (Å²) >= 11 is 5.60. The van der Waals surface area contributed by atoms with Crippen molar-refractivity contribution in [3.05, 3.63) is 23.1 Å². The maximum Gasteiger partial charge on any atom is 0.256 e. The Morgan fingerprint density at radius 1 is 1.53 bits per heavy atom. The normalized spacial score (nSPS) is 9.93. The van der Waals surface area contributed by atoms with E-state index in [0.29, 0.717) is 13.0 Å². The van der Waals surface area contributed by atoms with Crippen LogP contribution in [0.1, 0.15) is 23.2 Å². The first kappa shape index (κ1) is 11.6. The third-order valence-electron chi connectivity index (χ3n) is 1.75. The summed E-state index contributed by atoms with van der Waals surface area (Å²) in [7, 11) is 0. The number of rotatable bonds is 5. The van der Waals surface area contributed by atoms with E-state index in [4.69, 9.17) is 21.8 Å². The van der Waals surface area contributed by atoms with Crippen LogP contribution in [-0.4, -0.2) is 18.4 Å². The van der Waals surface area contributed by atoms with Crippen molar-refractivity contribution in [2.45, 2.75) is 12.8 Å². The van der Waals surface area contributed by atoms with Crippen molar-refractivity contribution in [2.75, 3.05) is 6.54 Å². The molecule has 1 aromatic rings. The molecule has 0 aromatic carbocycles. The predicted octanol–water partition coefficient (Wildman–Crippen LogP) is 0.928. The molecule has 0 atom stereocenters. The average molecular weight is 231 g/mol. The highest BCUT2D eigenvalue weighted by molar-refractivity contribution is 6.32.